The highest BCUT2D eigenvalue weighted by atomic mass is 32.4. The maximum Gasteiger partial charge on any atom is 0.332 e. The maximum atomic E-state index is 12.3. The van der Waals surface area contributed by atoms with Crippen LogP contribution in [0, 0.1) is 6.92 Å². The number of hydrogen-bond acceptors (Lipinski definition) is 3. The quantitative estimate of drug-likeness (QED) is 0.635. The van der Waals surface area contributed by atoms with E-state index < -0.39 is 17.8 Å². The molecule has 1 atom stereocenters. The molecule has 132 valence electrons. The first-order chi connectivity index (χ1) is 12.5. The van der Waals surface area contributed by atoms with Crippen LogP contribution >= 0.6 is 6.04 Å². The van der Waals surface area contributed by atoms with Crippen molar-refractivity contribution in [3.8, 4) is 0 Å². The summed E-state index contributed by atoms with van der Waals surface area (Å²) in [6, 6.07) is 24.2. The van der Waals surface area contributed by atoms with Crippen molar-refractivity contribution in [3.05, 3.63) is 90.5 Å². The summed E-state index contributed by atoms with van der Waals surface area (Å²) in [5.41, 5.74) is 1.87. The van der Waals surface area contributed by atoms with E-state index in [1.807, 2.05) is 91.9 Å². The van der Waals surface area contributed by atoms with Gasteiger partial charge in [0.15, 0.2) is 5.78 Å². The third-order valence-electron chi connectivity index (χ3n) is 4.23. The van der Waals surface area contributed by atoms with Gasteiger partial charge in [0.2, 0.25) is 0 Å². The van der Waals surface area contributed by atoms with Crippen molar-refractivity contribution in [1.82, 2.24) is 0 Å². The van der Waals surface area contributed by atoms with Gasteiger partial charge in [-0.25, -0.2) is 4.79 Å². The lowest BCUT2D eigenvalue weighted by Crippen LogP contribution is -2.37. The van der Waals surface area contributed by atoms with Gasteiger partial charge >= 0.3 is 5.97 Å². The summed E-state index contributed by atoms with van der Waals surface area (Å²) in [4.78, 5) is 12.3. The van der Waals surface area contributed by atoms with Gasteiger partial charge in [-0.1, -0.05) is 90.2 Å². The minimum atomic E-state index is -2.64. The van der Waals surface area contributed by atoms with Gasteiger partial charge in [0, 0.05) is 11.7 Å². The Morgan fingerprint density at radius 2 is 1.35 bits per heavy atom. The number of benzene rings is 3. The Morgan fingerprint density at radius 3 is 1.77 bits per heavy atom. The van der Waals surface area contributed by atoms with E-state index in [0.29, 0.717) is 0 Å². The number of carboxylic acid groups (broad SMARTS) is 1. The Hall–Kier alpha value is -2.42. The van der Waals surface area contributed by atoms with Gasteiger partial charge in [-0.3, -0.25) is 0 Å². The minimum absolute atomic E-state index is 0.754. The van der Waals surface area contributed by atoms with E-state index in [1.165, 1.54) is 0 Å². The molecule has 0 heterocycles. The molecule has 0 amide bonds. The predicted octanol–water partition coefficient (Wildman–Crippen LogP) is 3.95. The van der Waals surface area contributed by atoms with Gasteiger partial charge < -0.3 is 10.4 Å². The maximum absolute atomic E-state index is 12.3. The lowest BCUT2D eigenvalue weighted by molar-refractivity contribution is -0.135. The Kier molecular flexibility index (Phi) is 5.55. The number of aryl methyl sites for hydroxylation is 1. The molecular formula is C21H20NO2PS. The van der Waals surface area contributed by atoms with Gasteiger partial charge in [0.1, 0.15) is 0 Å². The number of hydrogen-bond donors (Lipinski definition) is 2. The van der Waals surface area contributed by atoms with Crippen molar-refractivity contribution in [1.29, 1.82) is 0 Å². The third-order valence-corrected chi connectivity index (χ3v) is 9.34. The first kappa shape index (κ1) is 18.4. The summed E-state index contributed by atoms with van der Waals surface area (Å²) in [5.74, 6) is -1.84. The molecule has 3 aromatic carbocycles. The molecule has 26 heavy (non-hydrogen) atoms. The van der Waals surface area contributed by atoms with Crippen LogP contribution in [0.25, 0.3) is 0 Å². The smallest absolute Gasteiger partial charge is 0.332 e. The van der Waals surface area contributed by atoms with Crippen LogP contribution in [0.1, 0.15) is 5.56 Å². The second-order valence-corrected chi connectivity index (χ2v) is 10.7. The lowest BCUT2D eigenvalue weighted by atomic mass is 10.2. The van der Waals surface area contributed by atoms with E-state index in [1.54, 1.807) is 0 Å². The first-order valence-electron chi connectivity index (χ1n) is 8.29. The van der Waals surface area contributed by atoms with Gasteiger partial charge in [-0.05, 0) is 29.7 Å². The Labute approximate surface area is 158 Å². The highest BCUT2D eigenvalue weighted by Crippen LogP contribution is 2.49. The number of anilines is 1. The molecule has 0 aliphatic rings. The van der Waals surface area contributed by atoms with E-state index in [0.717, 1.165) is 21.9 Å². The van der Waals surface area contributed by atoms with Crippen LogP contribution in [0.3, 0.4) is 0 Å². The number of nitrogens with one attached hydrogen (secondary N) is 1. The molecule has 0 saturated carbocycles. The normalized spacial score (nSPS) is 12.3. The average molecular weight is 381 g/mol. The first-order valence-corrected chi connectivity index (χ1v) is 11.2. The van der Waals surface area contributed by atoms with Gasteiger partial charge in [0.05, 0.1) is 0 Å². The molecule has 3 rings (SSSR count). The molecule has 2 N–H and O–H groups in total. The monoisotopic (exact) mass is 381 g/mol. The van der Waals surface area contributed by atoms with Crippen LogP contribution in [-0.2, 0) is 16.6 Å². The molecule has 0 fully saturated rings. The van der Waals surface area contributed by atoms with Crippen molar-refractivity contribution in [2.24, 2.45) is 0 Å². The van der Waals surface area contributed by atoms with Crippen LogP contribution in [0.2, 0.25) is 0 Å². The minimum Gasteiger partial charge on any atom is -0.479 e. The van der Waals surface area contributed by atoms with Gasteiger partial charge in [-0.15, -0.1) is 0 Å². The summed E-state index contributed by atoms with van der Waals surface area (Å²) in [6.45, 7) is 2.00. The fourth-order valence-corrected chi connectivity index (χ4v) is 6.79. The van der Waals surface area contributed by atoms with E-state index in [2.05, 4.69) is 5.32 Å². The van der Waals surface area contributed by atoms with E-state index >= 15 is 0 Å². The average Bonchev–Trinajstić information content (AvgIpc) is 2.68. The van der Waals surface area contributed by atoms with Crippen LogP contribution in [-0.4, -0.2) is 16.9 Å². The highest BCUT2D eigenvalue weighted by Gasteiger charge is 2.37. The zero-order chi connectivity index (χ0) is 18.6. The topological polar surface area (TPSA) is 49.3 Å². The van der Waals surface area contributed by atoms with Crippen LogP contribution in [0.15, 0.2) is 84.9 Å². The Bertz CT molecular complexity index is 884. The summed E-state index contributed by atoms with van der Waals surface area (Å²) >= 11 is 6.13. The number of aliphatic carboxylic acids is 1. The van der Waals surface area contributed by atoms with Crippen molar-refractivity contribution < 1.29 is 9.90 Å². The second kappa shape index (κ2) is 7.86. The molecule has 3 nitrogen and oxygen atoms in total. The summed E-state index contributed by atoms with van der Waals surface area (Å²) in [7, 11) is 0. The Morgan fingerprint density at radius 1 is 0.885 bits per heavy atom. The predicted molar refractivity (Wildman–Crippen MR) is 113 cm³/mol. The highest BCUT2D eigenvalue weighted by molar-refractivity contribution is 8.22. The van der Waals surface area contributed by atoms with Crippen LogP contribution in [0.5, 0.6) is 0 Å². The number of carboxylic acids is 1. The van der Waals surface area contributed by atoms with E-state index in [-0.39, 0.29) is 0 Å². The fourth-order valence-electron chi connectivity index (χ4n) is 2.86. The lowest BCUT2D eigenvalue weighted by Gasteiger charge is -2.30. The SMILES string of the molecule is Cc1ccc(NC(C(=O)O)P(=S)(c2ccccc2)c2ccccc2)cc1. The Balaban J connectivity index is 2.13. The summed E-state index contributed by atoms with van der Waals surface area (Å²) in [6.07, 6.45) is 0. The zero-order valence-corrected chi connectivity index (χ0v) is 16.1. The second-order valence-electron chi connectivity index (χ2n) is 6.08. The largest absolute Gasteiger partial charge is 0.479 e. The van der Waals surface area contributed by atoms with Crippen molar-refractivity contribution in [2.45, 2.75) is 12.7 Å². The molecule has 3 aromatic rings. The number of carbonyl (C=O) groups is 1. The summed E-state index contributed by atoms with van der Waals surface area (Å²) in [5, 5.41) is 15.0. The molecule has 1 unspecified atom stereocenters. The van der Waals surface area contributed by atoms with E-state index in [4.69, 9.17) is 11.8 Å². The molecule has 0 saturated heterocycles. The standard InChI is InChI=1S/C21H20NO2PS/c1-16-12-14-17(15-13-16)22-20(21(23)24)25(26,18-8-4-2-5-9-18)19-10-6-3-7-11-19/h2-15,20,22H,1H3,(H,23,24). The molecule has 5 heteroatoms. The van der Waals surface area contributed by atoms with Crippen molar-refractivity contribution in [2.75, 3.05) is 5.32 Å². The molecule has 0 bridgehead atoms. The molecule has 0 aliphatic carbocycles. The van der Waals surface area contributed by atoms with E-state index in [9.17, 15) is 9.90 Å². The van der Waals surface area contributed by atoms with Crippen LogP contribution < -0.4 is 15.9 Å². The third kappa shape index (κ3) is 3.72. The fraction of sp³-hybridized carbons (Fsp3) is 0.0952. The van der Waals surface area contributed by atoms with Gasteiger partial charge in [-0.2, -0.15) is 0 Å². The molecule has 0 spiro atoms. The molecule has 0 aromatic heterocycles. The summed E-state index contributed by atoms with van der Waals surface area (Å²) < 4.78 is 0. The number of rotatable bonds is 6. The molecule has 0 radical (unpaired) electrons. The zero-order valence-electron chi connectivity index (χ0n) is 14.4. The van der Waals surface area contributed by atoms with Gasteiger partial charge in [0.25, 0.3) is 0 Å². The molecular weight excluding hydrogens is 361 g/mol. The van der Waals surface area contributed by atoms with Crippen LogP contribution in [0.4, 0.5) is 5.69 Å². The molecule has 0 aliphatic heterocycles. The van der Waals surface area contributed by atoms with Crippen molar-refractivity contribution >= 4 is 40.1 Å². The van der Waals surface area contributed by atoms with Crippen molar-refractivity contribution in [3.63, 3.8) is 0 Å².